The number of nitrogens with two attached hydrogens (primary N) is 1. The van der Waals surface area contributed by atoms with Crippen molar-refractivity contribution in [3.8, 4) is 0 Å². The SMILES string of the molecule is Cn1c(CCC(N)=O)nnc1SCC(=O)Nc1ccc(N2CCCCCC2)cc1. The quantitative estimate of drug-likeness (QED) is 0.640. The number of primary amides is 1. The van der Waals surface area contributed by atoms with Gasteiger partial charge >= 0.3 is 0 Å². The van der Waals surface area contributed by atoms with Crippen LogP contribution in [0.15, 0.2) is 29.4 Å². The lowest BCUT2D eigenvalue weighted by atomic mass is 10.2. The lowest BCUT2D eigenvalue weighted by Gasteiger charge is -2.22. The summed E-state index contributed by atoms with van der Waals surface area (Å²) in [6, 6.07) is 8.05. The van der Waals surface area contributed by atoms with Crippen molar-refractivity contribution < 1.29 is 9.59 Å². The van der Waals surface area contributed by atoms with Crippen molar-refractivity contribution in [2.45, 2.75) is 43.7 Å². The van der Waals surface area contributed by atoms with Gasteiger partial charge in [-0.2, -0.15) is 0 Å². The van der Waals surface area contributed by atoms with Gasteiger partial charge in [0.1, 0.15) is 5.82 Å². The van der Waals surface area contributed by atoms with Crippen LogP contribution in [0.1, 0.15) is 37.9 Å². The topological polar surface area (TPSA) is 106 Å². The summed E-state index contributed by atoms with van der Waals surface area (Å²) in [4.78, 5) is 25.6. The highest BCUT2D eigenvalue weighted by molar-refractivity contribution is 7.99. The number of carbonyl (C=O) groups excluding carboxylic acids is 2. The van der Waals surface area contributed by atoms with Gasteiger partial charge in [-0.05, 0) is 37.1 Å². The maximum atomic E-state index is 12.3. The van der Waals surface area contributed by atoms with E-state index in [-0.39, 0.29) is 24.0 Å². The van der Waals surface area contributed by atoms with Gasteiger partial charge in [-0.15, -0.1) is 10.2 Å². The van der Waals surface area contributed by atoms with E-state index < -0.39 is 0 Å². The second-order valence-electron chi connectivity index (χ2n) is 7.21. The van der Waals surface area contributed by atoms with Crippen LogP contribution in [0.4, 0.5) is 11.4 Å². The van der Waals surface area contributed by atoms with Crippen LogP contribution in [0.2, 0.25) is 0 Å². The standard InChI is InChI=1S/C20H28N6O2S/c1-25-18(11-10-17(21)27)23-24-20(25)29-14-19(28)22-15-6-8-16(9-7-15)26-12-4-2-3-5-13-26/h6-9H,2-5,10-14H2,1H3,(H2,21,27)(H,22,28). The predicted octanol–water partition coefficient (Wildman–Crippen LogP) is 2.34. The third-order valence-corrected chi connectivity index (χ3v) is 5.99. The highest BCUT2D eigenvalue weighted by atomic mass is 32.2. The minimum Gasteiger partial charge on any atom is -0.372 e. The maximum absolute atomic E-state index is 12.3. The molecule has 0 bridgehead atoms. The normalized spacial score (nSPS) is 14.4. The van der Waals surface area contributed by atoms with Gasteiger partial charge < -0.3 is 20.5 Å². The fourth-order valence-corrected chi connectivity index (χ4v) is 4.07. The number of rotatable bonds is 8. The smallest absolute Gasteiger partial charge is 0.234 e. The monoisotopic (exact) mass is 416 g/mol. The Morgan fingerprint density at radius 3 is 2.45 bits per heavy atom. The largest absolute Gasteiger partial charge is 0.372 e. The Balaban J connectivity index is 1.49. The van der Waals surface area contributed by atoms with Crippen molar-refractivity contribution in [3.63, 3.8) is 0 Å². The van der Waals surface area contributed by atoms with E-state index in [1.807, 2.05) is 19.2 Å². The van der Waals surface area contributed by atoms with Gasteiger partial charge in [-0.1, -0.05) is 24.6 Å². The molecule has 8 nitrogen and oxygen atoms in total. The van der Waals surface area contributed by atoms with Crippen LogP contribution in [0.5, 0.6) is 0 Å². The summed E-state index contributed by atoms with van der Waals surface area (Å²) in [6.07, 6.45) is 5.75. The average Bonchev–Trinajstić information content (AvgIpc) is 2.89. The molecule has 1 aliphatic heterocycles. The van der Waals surface area contributed by atoms with E-state index in [1.165, 1.54) is 43.1 Å². The Hall–Kier alpha value is -2.55. The molecule has 29 heavy (non-hydrogen) atoms. The van der Waals surface area contributed by atoms with Crippen LogP contribution in [0, 0.1) is 0 Å². The van der Waals surface area contributed by atoms with Gasteiger partial charge in [0.2, 0.25) is 11.8 Å². The number of hydrogen-bond donors (Lipinski definition) is 2. The lowest BCUT2D eigenvalue weighted by Crippen LogP contribution is -2.23. The van der Waals surface area contributed by atoms with Crippen LogP contribution >= 0.6 is 11.8 Å². The van der Waals surface area contributed by atoms with Crippen molar-refractivity contribution in [1.82, 2.24) is 14.8 Å². The van der Waals surface area contributed by atoms with Gasteiger partial charge in [-0.3, -0.25) is 9.59 Å². The molecule has 3 rings (SSSR count). The van der Waals surface area contributed by atoms with Crippen LogP contribution in [0.3, 0.4) is 0 Å². The number of anilines is 2. The Morgan fingerprint density at radius 1 is 1.10 bits per heavy atom. The van der Waals surface area contributed by atoms with E-state index in [0.717, 1.165) is 18.8 Å². The Bertz CT molecular complexity index is 828. The third-order valence-electron chi connectivity index (χ3n) is 4.97. The second kappa shape index (κ2) is 10.3. The lowest BCUT2D eigenvalue weighted by molar-refractivity contribution is -0.118. The minimum atomic E-state index is -0.372. The highest BCUT2D eigenvalue weighted by Gasteiger charge is 2.13. The number of carbonyl (C=O) groups is 2. The number of benzene rings is 1. The number of hydrogen-bond acceptors (Lipinski definition) is 6. The van der Waals surface area contributed by atoms with Gasteiger partial charge in [0.25, 0.3) is 0 Å². The van der Waals surface area contributed by atoms with Gasteiger partial charge in [0.05, 0.1) is 5.75 Å². The number of nitrogens with one attached hydrogen (secondary N) is 1. The zero-order valence-electron chi connectivity index (χ0n) is 16.8. The molecule has 2 amide bonds. The summed E-state index contributed by atoms with van der Waals surface area (Å²) in [5.74, 6) is 0.439. The van der Waals surface area contributed by atoms with E-state index in [9.17, 15) is 9.59 Å². The molecule has 1 saturated heterocycles. The Kier molecular flexibility index (Phi) is 7.51. The molecule has 0 atom stereocenters. The first-order valence-corrected chi connectivity index (χ1v) is 11.0. The summed E-state index contributed by atoms with van der Waals surface area (Å²) in [6.45, 7) is 2.20. The summed E-state index contributed by atoms with van der Waals surface area (Å²) >= 11 is 1.31. The fraction of sp³-hybridized carbons (Fsp3) is 0.500. The Morgan fingerprint density at radius 2 is 1.79 bits per heavy atom. The molecule has 2 heterocycles. The predicted molar refractivity (Wildman–Crippen MR) is 115 cm³/mol. The molecule has 3 N–H and O–H groups in total. The molecule has 0 unspecified atom stereocenters. The van der Waals surface area contributed by atoms with Crippen LogP contribution < -0.4 is 16.0 Å². The van der Waals surface area contributed by atoms with E-state index in [1.54, 1.807) is 4.57 Å². The van der Waals surface area contributed by atoms with E-state index >= 15 is 0 Å². The molecule has 0 aliphatic carbocycles. The molecule has 1 aromatic heterocycles. The summed E-state index contributed by atoms with van der Waals surface area (Å²) in [7, 11) is 1.82. The maximum Gasteiger partial charge on any atom is 0.234 e. The first-order valence-electron chi connectivity index (χ1n) is 9.97. The first kappa shape index (κ1) is 21.2. The second-order valence-corrected chi connectivity index (χ2v) is 8.15. The minimum absolute atomic E-state index is 0.0980. The fourth-order valence-electron chi connectivity index (χ4n) is 3.34. The molecule has 156 valence electrons. The Labute approximate surface area is 175 Å². The number of amides is 2. The van der Waals surface area contributed by atoms with Gasteiger partial charge in [-0.25, -0.2) is 0 Å². The number of nitrogens with zero attached hydrogens (tertiary/aromatic N) is 4. The molecule has 0 saturated carbocycles. The molecule has 0 radical (unpaired) electrons. The zero-order chi connectivity index (χ0) is 20.6. The van der Waals surface area contributed by atoms with Crippen molar-refractivity contribution in [2.24, 2.45) is 12.8 Å². The first-order chi connectivity index (χ1) is 14.0. The molecular formula is C20H28N6O2S. The number of thioether (sulfide) groups is 1. The van der Waals surface area contributed by atoms with Crippen molar-refractivity contribution in [2.75, 3.05) is 29.1 Å². The molecule has 1 fully saturated rings. The molecule has 1 aliphatic rings. The third kappa shape index (κ3) is 6.22. The van der Waals surface area contributed by atoms with E-state index in [2.05, 4.69) is 32.5 Å². The van der Waals surface area contributed by atoms with Gasteiger partial charge in [0, 0.05) is 44.4 Å². The highest BCUT2D eigenvalue weighted by Crippen LogP contribution is 2.22. The van der Waals surface area contributed by atoms with Crippen molar-refractivity contribution in [3.05, 3.63) is 30.1 Å². The molecular weight excluding hydrogens is 388 g/mol. The summed E-state index contributed by atoms with van der Waals surface area (Å²) in [5.41, 5.74) is 7.17. The van der Waals surface area contributed by atoms with Crippen molar-refractivity contribution >= 4 is 35.0 Å². The van der Waals surface area contributed by atoms with E-state index in [4.69, 9.17) is 5.73 Å². The van der Waals surface area contributed by atoms with Crippen LogP contribution in [0.25, 0.3) is 0 Å². The van der Waals surface area contributed by atoms with Crippen LogP contribution in [-0.4, -0.2) is 45.4 Å². The molecule has 1 aromatic carbocycles. The average molecular weight is 417 g/mol. The van der Waals surface area contributed by atoms with E-state index in [0.29, 0.717) is 17.4 Å². The zero-order valence-corrected chi connectivity index (χ0v) is 17.6. The van der Waals surface area contributed by atoms with Gasteiger partial charge in [0.15, 0.2) is 5.16 Å². The van der Waals surface area contributed by atoms with Crippen molar-refractivity contribution in [1.29, 1.82) is 0 Å². The van der Waals surface area contributed by atoms with Crippen LogP contribution in [-0.2, 0) is 23.1 Å². The molecule has 0 spiro atoms. The number of aromatic nitrogens is 3. The molecule has 9 heteroatoms. The number of aryl methyl sites for hydroxylation is 1. The molecule has 2 aromatic rings. The summed E-state index contributed by atoms with van der Waals surface area (Å²) in [5, 5.41) is 11.7. The summed E-state index contributed by atoms with van der Waals surface area (Å²) < 4.78 is 1.79.